The first-order valence-corrected chi connectivity index (χ1v) is 6.78. The lowest BCUT2D eigenvalue weighted by atomic mass is 10.1. The molecule has 0 radical (unpaired) electrons. The van der Waals surface area contributed by atoms with Gasteiger partial charge in [0, 0.05) is 25.5 Å². The maximum Gasteiger partial charge on any atom is 0.133 e. The minimum Gasteiger partial charge on any atom is -0.334 e. The van der Waals surface area contributed by atoms with Crippen molar-refractivity contribution >= 4 is 0 Å². The van der Waals surface area contributed by atoms with Gasteiger partial charge in [-0.05, 0) is 26.3 Å². The van der Waals surface area contributed by atoms with Crippen molar-refractivity contribution in [1.29, 1.82) is 0 Å². The Morgan fingerprint density at radius 2 is 2.11 bits per heavy atom. The second kappa shape index (κ2) is 5.99. The second-order valence-corrected chi connectivity index (χ2v) is 4.40. The molecule has 0 aliphatic rings. The minimum atomic E-state index is -0.136. The fraction of sp³-hybridized carbons (Fsp3) is 0.538. The molecule has 19 heavy (non-hydrogen) atoms. The van der Waals surface area contributed by atoms with E-state index in [1.54, 1.807) is 6.20 Å². The molecular formula is C13H22N6. The highest BCUT2D eigenvalue weighted by Gasteiger charge is 2.22. The maximum atomic E-state index is 5.75. The number of nitrogens with two attached hydrogens (primary N) is 1. The average molecular weight is 262 g/mol. The summed E-state index contributed by atoms with van der Waals surface area (Å²) in [6.45, 7) is 7.96. The monoisotopic (exact) mass is 262 g/mol. The molecule has 0 fully saturated rings. The summed E-state index contributed by atoms with van der Waals surface area (Å²) < 4.78 is 4.07. The molecule has 104 valence electrons. The smallest absolute Gasteiger partial charge is 0.133 e. The number of imidazole rings is 1. The van der Waals surface area contributed by atoms with Crippen LogP contribution in [0, 0.1) is 0 Å². The van der Waals surface area contributed by atoms with E-state index < -0.39 is 0 Å². The first-order valence-electron chi connectivity index (χ1n) is 6.78. The second-order valence-electron chi connectivity index (χ2n) is 4.40. The fourth-order valence-corrected chi connectivity index (χ4v) is 2.29. The number of aromatic nitrogens is 4. The van der Waals surface area contributed by atoms with Gasteiger partial charge in [0.1, 0.15) is 11.9 Å². The third-order valence-corrected chi connectivity index (χ3v) is 3.33. The largest absolute Gasteiger partial charge is 0.334 e. The Kier molecular flexibility index (Phi) is 4.34. The Bertz CT molecular complexity index is 527. The summed E-state index contributed by atoms with van der Waals surface area (Å²) in [4.78, 5) is 4.42. The molecule has 0 spiro atoms. The van der Waals surface area contributed by atoms with Crippen LogP contribution in [-0.2, 0) is 19.5 Å². The Morgan fingerprint density at radius 3 is 2.68 bits per heavy atom. The van der Waals surface area contributed by atoms with Crippen molar-refractivity contribution in [3.8, 4) is 0 Å². The number of hydrazine groups is 1. The van der Waals surface area contributed by atoms with Crippen LogP contribution in [0.15, 0.2) is 18.5 Å². The van der Waals surface area contributed by atoms with E-state index in [0.717, 1.165) is 36.7 Å². The van der Waals surface area contributed by atoms with Gasteiger partial charge in [0.15, 0.2) is 0 Å². The molecule has 2 aromatic rings. The van der Waals surface area contributed by atoms with Crippen molar-refractivity contribution in [3.63, 3.8) is 0 Å². The fourth-order valence-electron chi connectivity index (χ4n) is 2.29. The van der Waals surface area contributed by atoms with Crippen molar-refractivity contribution in [3.05, 3.63) is 35.7 Å². The third kappa shape index (κ3) is 2.54. The lowest BCUT2D eigenvalue weighted by Gasteiger charge is -2.17. The quantitative estimate of drug-likeness (QED) is 0.606. The van der Waals surface area contributed by atoms with Crippen molar-refractivity contribution < 1.29 is 0 Å². The van der Waals surface area contributed by atoms with Crippen LogP contribution in [0.25, 0.3) is 0 Å². The Morgan fingerprint density at radius 1 is 1.32 bits per heavy atom. The van der Waals surface area contributed by atoms with E-state index in [4.69, 9.17) is 5.84 Å². The summed E-state index contributed by atoms with van der Waals surface area (Å²) in [5.74, 6) is 6.67. The van der Waals surface area contributed by atoms with Gasteiger partial charge in [0.2, 0.25) is 0 Å². The van der Waals surface area contributed by atoms with E-state index >= 15 is 0 Å². The number of nitrogens with one attached hydrogen (secondary N) is 1. The molecule has 0 amide bonds. The zero-order chi connectivity index (χ0) is 13.8. The summed E-state index contributed by atoms with van der Waals surface area (Å²) in [5.41, 5.74) is 5.00. The van der Waals surface area contributed by atoms with Crippen LogP contribution < -0.4 is 11.3 Å². The lowest BCUT2D eigenvalue weighted by molar-refractivity contribution is 0.505. The van der Waals surface area contributed by atoms with E-state index in [-0.39, 0.29) is 6.04 Å². The molecule has 6 nitrogen and oxygen atoms in total. The molecule has 0 bridgehead atoms. The molecule has 0 aromatic carbocycles. The molecule has 0 aliphatic carbocycles. The summed E-state index contributed by atoms with van der Waals surface area (Å²) in [5, 5.41) is 4.57. The number of nitrogens with zero attached hydrogens (tertiary/aromatic N) is 4. The molecule has 6 heteroatoms. The highest BCUT2D eigenvalue weighted by Crippen LogP contribution is 2.21. The number of aryl methyl sites for hydroxylation is 3. The van der Waals surface area contributed by atoms with Gasteiger partial charge in [-0.1, -0.05) is 6.92 Å². The SMILES string of the molecule is CCc1cc(C(NN)c2nccn2CC)n(CC)n1. The van der Waals surface area contributed by atoms with E-state index in [1.165, 1.54) is 0 Å². The zero-order valence-electron chi connectivity index (χ0n) is 11.8. The maximum absolute atomic E-state index is 5.75. The number of rotatable bonds is 6. The normalized spacial score (nSPS) is 12.8. The Hall–Kier alpha value is -1.66. The van der Waals surface area contributed by atoms with E-state index in [2.05, 4.69) is 46.9 Å². The molecule has 1 unspecified atom stereocenters. The van der Waals surface area contributed by atoms with Gasteiger partial charge in [-0.2, -0.15) is 5.10 Å². The predicted octanol–water partition coefficient (Wildman–Crippen LogP) is 1.23. The van der Waals surface area contributed by atoms with Crippen LogP contribution in [0.5, 0.6) is 0 Å². The highest BCUT2D eigenvalue weighted by molar-refractivity contribution is 5.21. The van der Waals surface area contributed by atoms with Gasteiger partial charge < -0.3 is 4.57 Å². The van der Waals surface area contributed by atoms with Gasteiger partial charge in [-0.3, -0.25) is 10.5 Å². The number of hydrogen-bond donors (Lipinski definition) is 2. The first kappa shape index (κ1) is 13.8. The lowest BCUT2D eigenvalue weighted by Crippen LogP contribution is -2.32. The molecule has 0 saturated heterocycles. The van der Waals surface area contributed by atoms with E-state index in [0.29, 0.717) is 0 Å². The first-order chi connectivity index (χ1) is 9.24. The predicted molar refractivity (Wildman–Crippen MR) is 74.3 cm³/mol. The highest BCUT2D eigenvalue weighted by atomic mass is 15.3. The van der Waals surface area contributed by atoms with Crippen LogP contribution in [0.4, 0.5) is 0 Å². The van der Waals surface area contributed by atoms with Crippen LogP contribution in [0.2, 0.25) is 0 Å². The van der Waals surface area contributed by atoms with E-state index in [9.17, 15) is 0 Å². The molecule has 1 atom stereocenters. The third-order valence-electron chi connectivity index (χ3n) is 3.33. The molecule has 2 heterocycles. The average Bonchev–Trinajstić information content (AvgIpc) is 3.06. The van der Waals surface area contributed by atoms with Crippen molar-refractivity contribution in [2.24, 2.45) is 5.84 Å². The van der Waals surface area contributed by atoms with Crippen LogP contribution in [-0.4, -0.2) is 19.3 Å². The van der Waals surface area contributed by atoms with E-state index in [1.807, 2.05) is 10.9 Å². The van der Waals surface area contributed by atoms with Gasteiger partial charge in [-0.15, -0.1) is 0 Å². The molecule has 0 saturated carbocycles. The topological polar surface area (TPSA) is 73.7 Å². The minimum absolute atomic E-state index is 0.136. The standard InChI is InChI=1S/C13H22N6/c1-4-10-9-11(19(6-3)17-10)12(16-14)13-15-7-8-18(13)5-2/h7-9,12,16H,4-6,14H2,1-3H3. The summed E-state index contributed by atoms with van der Waals surface area (Å²) in [6, 6.07) is 1.96. The molecule has 2 rings (SSSR count). The van der Waals surface area contributed by atoms with Gasteiger partial charge in [0.25, 0.3) is 0 Å². The molecule has 2 aromatic heterocycles. The van der Waals surface area contributed by atoms with Gasteiger partial charge in [0.05, 0.1) is 11.4 Å². The molecule has 0 aliphatic heterocycles. The molecular weight excluding hydrogens is 240 g/mol. The van der Waals surface area contributed by atoms with Crippen molar-refractivity contribution in [2.75, 3.05) is 0 Å². The van der Waals surface area contributed by atoms with Crippen LogP contribution >= 0.6 is 0 Å². The van der Waals surface area contributed by atoms with Crippen LogP contribution in [0.1, 0.15) is 44.0 Å². The van der Waals surface area contributed by atoms with Gasteiger partial charge in [-0.25, -0.2) is 10.4 Å². The summed E-state index contributed by atoms with van der Waals surface area (Å²) >= 11 is 0. The van der Waals surface area contributed by atoms with Gasteiger partial charge >= 0.3 is 0 Å². The zero-order valence-corrected chi connectivity index (χ0v) is 11.8. The number of hydrogen-bond acceptors (Lipinski definition) is 4. The Balaban J connectivity index is 2.44. The summed E-state index contributed by atoms with van der Waals surface area (Å²) in [6.07, 6.45) is 4.68. The van der Waals surface area contributed by atoms with Crippen LogP contribution in [0.3, 0.4) is 0 Å². The van der Waals surface area contributed by atoms with Crippen molar-refractivity contribution in [2.45, 2.75) is 46.3 Å². The van der Waals surface area contributed by atoms with Crippen molar-refractivity contribution in [1.82, 2.24) is 24.8 Å². The Labute approximate surface area is 113 Å². The molecule has 3 N–H and O–H groups in total. The summed E-state index contributed by atoms with van der Waals surface area (Å²) in [7, 11) is 0.